The van der Waals surface area contributed by atoms with Crippen LogP contribution in [0.5, 0.6) is 0 Å². The summed E-state index contributed by atoms with van der Waals surface area (Å²) in [6.07, 6.45) is 15.0. The van der Waals surface area contributed by atoms with Crippen molar-refractivity contribution in [2.45, 2.75) is 84.0 Å². The third kappa shape index (κ3) is 11.6. The fourth-order valence-electron chi connectivity index (χ4n) is 2.94. The Labute approximate surface area is 148 Å². The van der Waals surface area contributed by atoms with Crippen LogP contribution in [-0.2, 0) is 23.0 Å². The number of aryl methyl sites for hydroxylation is 2. The lowest BCUT2D eigenvalue weighted by molar-refractivity contribution is 0.482. The number of unbranched alkanes of at least 4 members (excludes halogenated alkanes) is 9. The third-order valence-corrected chi connectivity index (χ3v) is 5.21. The normalized spacial score (nSPS) is 11.8. The molecule has 0 saturated carbocycles. The first kappa shape index (κ1) is 21.2. The molecule has 1 N–H and O–H groups in total. The predicted molar refractivity (Wildman–Crippen MR) is 102 cm³/mol. The molecule has 0 aromatic heterocycles. The van der Waals surface area contributed by atoms with Crippen LogP contribution in [0.2, 0.25) is 0 Å². The van der Waals surface area contributed by atoms with Crippen LogP contribution in [0.4, 0.5) is 0 Å². The second kappa shape index (κ2) is 12.5. The van der Waals surface area contributed by atoms with E-state index in [1.165, 1.54) is 69.8 Å². The molecule has 3 nitrogen and oxygen atoms in total. The zero-order valence-corrected chi connectivity index (χ0v) is 16.0. The van der Waals surface area contributed by atoms with Gasteiger partial charge in [-0.2, -0.15) is 8.42 Å². The van der Waals surface area contributed by atoms with E-state index in [2.05, 4.69) is 19.1 Å². The van der Waals surface area contributed by atoms with Crippen molar-refractivity contribution < 1.29 is 13.0 Å². The first-order chi connectivity index (χ1) is 11.5. The first-order valence-corrected chi connectivity index (χ1v) is 11.1. The Kier molecular flexibility index (Phi) is 11.0. The minimum absolute atomic E-state index is 0.204. The van der Waals surface area contributed by atoms with Crippen LogP contribution in [0.15, 0.2) is 24.3 Å². The van der Waals surface area contributed by atoms with Crippen LogP contribution >= 0.6 is 0 Å². The van der Waals surface area contributed by atoms with Gasteiger partial charge in [-0.1, -0.05) is 89.0 Å². The van der Waals surface area contributed by atoms with Gasteiger partial charge in [0.1, 0.15) is 0 Å². The molecule has 1 aromatic carbocycles. The minimum Gasteiger partial charge on any atom is -0.286 e. The van der Waals surface area contributed by atoms with E-state index in [-0.39, 0.29) is 5.75 Å². The van der Waals surface area contributed by atoms with Crippen LogP contribution in [0.1, 0.15) is 82.3 Å². The second-order valence-electron chi connectivity index (χ2n) is 6.78. The molecule has 0 bridgehead atoms. The molecule has 1 rings (SSSR count). The maximum Gasteiger partial charge on any atom is 0.265 e. The summed E-state index contributed by atoms with van der Waals surface area (Å²) in [5.74, 6) is -0.204. The predicted octanol–water partition coefficient (Wildman–Crippen LogP) is 5.58. The van der Waals surface area contributed by atoms with E-state index in [0.717, 1.165) is 12.0 Å². The van der Waals surface area contributed by atoms with E-state index >= 15 is 0 Å². The summed E-state index contributed by atoms with van der Waals surface area (Å²) in [4.78, 5) is 0. The molecule has 0 fully saturated rings. The van der Waals surface area contributed by atoms with Crippen molar-refractivity contribution in [3.05, 3.63) is 35.4 Å². The standard InChI is InChI=1S/C20H34O3S/c1-2-3-4-5-6-7-8-9-10-11-12-19-13-15-20(16-14-19)17-18-24(21,22)23/h13-16H,2-12,17-18H2,1H3,(H,21,22,23). The lowest BCUT2D eigenvalue weighted by atomic mass is 10.0. The highest BCUT2D eigenvalue weighted by atomic mass is 32.2. The third-order valence-electron chi connectivity index (χ3n) is 4.49. The Balaban J connectivity index is 2.05. The number of hydrogen-bond donors (Lipinski definition) is 1. The minimum atomic E-state index is -3.86. The van der Waals surface area contributed by atoms with Crippen LogP contribution < -0.4 is 0 Å². The summed E-state index contributed by atoms with van der Waals surface area (Å²) in [7, 11) is -3.86. The Bertz CT molecular complexity index is 520. The molecule has 0 radical (unpaired) electrons. The van der Waals surface area contributed by atoms with Gasteiger partial charge in [-0.3, -0.25) is 4.55 Å². The molecule has 0 aliphatic heterocycles. The fraction of sp³-hybridized carbons (Fsp3) is 0.700. The van der Waals surface area contributed by atoms with Crippen molar-refractivity contribution in [1.82, 2.24) is 0 Å². The van der Waals surface area contributed by atoms with E-state index < -0.39 is 10.1 Å². The molecule has 0 aliphatic carbocycles. The molecular formula is C20H34O3S. The van der Waals surface area contributed by atoms with Gasteiger partial charge in [0.05, 0.1) is 5.75 Å². The summed E-state index contributed by atoms with van der Waals surface area (Å²) < 4.78 is 30.2. The highest BCUT2D eigenvalue weighted by Gasteiger charge is 2.04. The highest BCUT2D eigenvalue weighted by Crippen LogP contribution is 2.13. The molecule has 1 aromatic rings. The molecule has 4 heteroatoms. The van der Waals surface area contributed by atoms with Crippen molar-refractivity contribution in [2.24, 2.45) is 0 Å². The average Bonchev–Trinajstić information content (AvgIpc) is 2.55. The first-order valence-electron chi connectivity index (χ1n) is 9.54. The zero-order valence-electron chi connectivity index (χ0n) is 15.2. The van der Waals surface area contributed by atoms with Gasteiger partial charge >= 0.3 is 0 Å². The van der Waals surface area contributed by atoms with Gasteiger partial charge in [-0.25, -0.2) is 0 Å². The Hall–Kier alpha value is -0.870. The van der Waals surface area contributed by atoms with Gasteiger partial charge in [0, 0.05) is 0 Å². The molecule has 0 atom stereocenters. The van der Waals surface area contributed by atoms with Crippen LogP contribution in [0.3, 0.4) is 0 Å². The van der Waals surface area contributed by atoms with Gasteiger partial charge in [0.25, 0.3) is 10.1 Å². The summed E-state index contributed by atoms with van der Waals surface area (Å²) in [6.45, 7) is 2.26. The lowest BCUT2D eigenvalue weighted by Gasteiger charge is -2.05. The molecule has 24 heavy (non-hydrogen) atoms. The Morgan fingerprint density at radius 2 is 1.12 bits per heavy atom. The number of benzene rings is 1. The molecule has 0 saturated heterocycles. The van der Waals surface area contributed by atoms with Crippen molar-refractivity contribution in [3.8, 4) is 0 Å². The fourth-order valence-corrected chi connectivity index (χ4v) is 3.43. The van der Waals surface area contributed by atoms with Crippen molar-refractivity contribution in [3.63, 3.8) is 0 Å². The molecule has 0 unspecified atom stereocenters. The van der Waals surface area contributed by atoms with E-state index in [1.54, 1.807) is 0 Å². The smallest absolute Gasteiger partial charge is 0.265 e. The summed E-state index contributed by atoms with van der Waals surface area (Å²) in [5.41, 5.74) is 2.27. The van der Waals surface area contributed by atoms with Gasteiger partial charge < -0.3 is 0 Å². The van der Waals surface area contributed by atoms with Crippen molar-refractivity contribution >= 4 is 10.1 Å². The Morgan fingerprint density at radius 1 is 0.708 bits per heavy atom. The number of hydrogen-bond acceptors (Lipinski definition) is 2. The quantitative estimate of drug-likeness (QED) is 0.350. The SMILES string of the molecule is CCCCCCCCCCCCc1ccc(CCS(=O)(=O)O)cc1. The highest BCUT2D eigenvalue weighted by molar-refractivity contribution is 7.85. The van der Waals surface area contributed by atoms with E-state index in [9.17, 15) is 8.42 Å². The topological polar surface area (TPSA) is 54.4 Å². The largest absolute Gasteiger partial charge is 0.286 e. The summed E-state index contributed by atoms with van der Waals surface area (Å²) in [6, 6.07) is 8.09. The summed E-state index contributed by atoms with van der Waals surface area (Å²) in [5, 5.41) is 0. The van der Waals surface area contributed by atoms with Gasteiger partial charge in [0.15, 0.2) is 0 Å². The van der Waals surface area contributed by atoms with Crippen LogP contribution in [-0.4, -0.2) is 18.7 Å². The van der Waals surface area contributed by atoms with Crippen molar-refractivity contribution in [2.75, 3.05) is 5.75 Å². The Morgan fingerprint density at radius 3 is 1.58 bits per heavy atom. The molecule has 0 spiro atoms. The maximum atomic E-state index is 10.7. The van der Waals surface area contributed by atoms with Gasteiger partial charge in [0.2, 0.25) is 0 Å². The molecule has 0 heterocycles. The van der Waals surface area contributed by atoms with E-state index in [1.807, 2.05) is 12.1 Å². The molecule has 0 amide bonds. The van der Waals surface area contributed by atoms with E-state index in [4.69, 9.17) is 4.55 Å². The summed E-state index contributed by atoms with van der Waals surface area (Å²) >= 11 is 0. The molecule has 0 aliphatic rings. The zero-order chi connectivity index (χ0) is 17.7. The van der Waals surface area contributed by atoms with E-state index in [0.29, 0.717) is 6.42 Å². The van der Waals surface area contributed by atoms with Crippen LogP contribution in [0.25, 0.3) is 0 Å². The molecule has 138 valence electrons. The van der Waals surface area contributed by atoms with Gasteiger partial charge in [-0.15, -0.1) is 0 Å². The lowest BCUT2D eigenvalue weighted by Crippen LogP contribution is -2.06. The van der Waals surface area contributed by atoms with Crippen molar-refractivity contribution in [1.29, 1.82) is 0 Å². The molecular weight excluding hydrogens is 320 g/mol. The average molecular weight is 355 g/mol. The number of rotatable bonds is 14. The monoisotopic (exact) mass is 354 g/mol. The second-order valence-corrected chi connectivity index (χ2v) is 8.36. The van der Waals surface area contributed by atoms with Crippen LogP contribution in [0, 0.1) is 0 Å². The van der Waals surface area contributed by atoms with Gasteiger partial charge in [-0.05, 0) is 30.4 Å². The maximum absolute atomic E-state index is 10.7.